The molecule has 0 aromatic carbocycles. The van der Waals surface area contributed by atoms with Gasteiger partial charge in [-0.05, 0) is 0 Å². The number of nitrogens with zero attached hydrogens (tertiary/aromatic N) is 1. The van der Waals surface area contributed by atoms with Gasteiger partial charge in [-0.25, -0.2) is 0 Å². The molecule has 0 bridgehead atoms. The second-order valence-corrected chi connectivity index (χ2v) is 3.04. The molecular weight excluding hydrogens is 180 g/mol. The Bertz CT molecular complexity index is 174. The van der Waals surface area contributed by atoms with Gasteiger partial charge in [-0.1, -0.05) is 24.4 Å². The highest BCUT2D eigenvalue weighted by molar-refractivity contribution is 7.80. The Morgan fingerprint density at radius 2 is 2.45 bits per heavy atom. The Labute approximate surface area is 76.5 Å². The van der Waals surface area contributed by atoms with Crippen LogP contribution in [0.1, 0.15) is 0 Å². The van der Waals surface area contributed by atoms with Crippen molar-refractivity contribution in [2.24, 2.45) is 5.73 Å². The van der Waals surface area contributed by atoms with Crippen molar-refractivity contribution < 1.29 is 4.74 Å². The smallest absolute Gasteiger partial charge is 0.125 e. The van der Waals surface area contributed by atoms with Crippen molar-refractivity contribution in [3.63, 3.8) is 0 Å². The Morgan fingerprint density at radius 1 is 1.73 bits per heavy atom. The van der Waals surface area contributed by atoms with Crippen molar-refractivity contribution >= 4 is 34.9 Å². The molecule has 1 fully saturated rings. The second kappa shape index (κ2) is 3.94. The van der Waals surface area contributed by atoms with Crippen molar-refractivity contribution in [1.29, 1.82) is 0 Å². The third-order valence-electron chi connectivity index (χ3n) is 1.56. The number of ether oxygens (including phenoxy) is 1. The summed E-state index contributed by atoms with van der Waals surface area (Å²) in [6.07, 6.45) is -0.127. The van der Waals surface area contributed by atoms with Gasteiger partial charge in [0.15, 0.2) is 0 Å². The number of thiocarbonyl (C=S) groups is 2. The standard InChI is InChI=1S/C6H10N2OS2/c7-6(11)5-3-8(4-10)1-2-9-5/h4-5H,1-3H2,(H2,7,11). The Balaban J connectivity index is 2.45. The molecule has 1 rings (SSSR count). The minimum Gasteiger partial charge on any atom is -0.391 e. The van der Waals surface area contributed by atoms with Crippen LogP contribution in [0.25, 0.3) is 0 Å². The van der Waals surface area contributed by atoms with E-state index in [4.69, 9.17) is 34.9 Å². The van der Waals surface area contributed by atoms with Gasteiger partial charge in [0.25, 0.3) is 0 Å². The normalized spacial score (nSPS) is 24.7. The summed E-state index contributed by atoms with van der Waals surface area (Å²) in [7, 11) is 0. The van der Waals surface area contributed by atoms with Crippen LogP contribution in [-0.4, -0.2) is 41.2 Å². The third kappa shape index (κ3) is 2.36. The van der Waals surface area contributed by atoms with Crippen LogP contribution in [0.15, 0.2) is 0 Å². The largest absolute Gasteiger partial charge is 0.391 e. The molecule has 3 nitrogen and oxygen atoms in total. The van der Waals surface area contributed by atoms with Crippen LogP contribution >= 0.6 is 24.4 Å². The molecule has 62 valence electrons. The SMILES string of the molecule is NC(=S)C1CN(C=S)CCO1. The number of nitrogens with two attached hydrogens (primary N) is 1. The molecule has 0 aliphatic carbocycles. The van der Waals surface area contributed by atoms with Crippen molar-refractivity contribution in [1.82, 2.24) is 4.90 Å². The maximum Gasteiger partial charge on any atom is 0.125 e. The quantitative estimate of drug-likeness (QED) is 0.617. The monoisotopic (exact) mass is 190 g/mol. The van der Waals surface area contributed by atoms with Gasteiger partial charge in [0.1, 0.15) is 11.1 Å². The molecule has 2 N–H and O–H groups in total. The van der Waals surface area contributed by atoms with Crippen LogP contribution in [0.2, 0.25) is 0 Å². The van der Waals surface area contributed by atoms with Crippen molar-refractivity contribution in [3.8, 4) is 0 Å². The maximum absolute atomic E-state index is 5.42. The number of rotatable bonds is 2. The highest BCUT2D eigenvalue weighted by Crippen LogP contribution is 2.03. The first-order valence-electron chi connectivity index (χ1n) is 3.34. The molecule has 0 aromatic rings. The first kappa shape index (κ1) is 8.83. The summed E-state index contributed by atoms with van der Waals surface area (Å²) in [4.78, 5) is 2.38. The van der Waals surface area contributed by atoms with E-state index < -0.39 is 0 Å². The van der Waals surface area contributed by atoms with E-state index in [0.29, 0.717) is 18.1 Å². The Kier molecular flexibility index (Phi) is 3.16. The molecule has 1 aliphatic rings. The van der Waals surface area contributed by atoms with Gasteiger partial charge in [0.2, 0.25) is 0 Å². The lowest BCUT2D eigenvalue weighted by atomic mass is 10.3. The highest BCUT2D eigenvalue weighted by atomic mass is 32.1. The maximum atomic E-state index is 5.42. The summed E-state index contributed by atoms with van der Waals surface area (Å²) in [6.45, 7) is 2.18. The highest BCUT2D eigenvalue weighted by Gasteiger charge is 2.19. The summed E-state index contributed by atoms with van der Waals surface area (Å²) in [5, 5.41) is 0. The van der Waals surface area contributed by atoms with Crippen molar-refractivity contribution in [2.75, 3.05) is 19.7 Å². The van der Waals surface area contributed by atoms with Gasteiger partial charge in [-0.2, -0.15) is 0 Å². The van der Waals surface area contributed by atoms with Crippen LogP contribution in [0.4, 0.5) is 0 Å². The van der Waals surface area contributed by atoms with E-state index in [0.717, 1.165) is 6.54 Å². The molecule has 1 atom stereocenters. The fourth-order valence-electron chi connectivity index (χ4n) is 0.937. The van der Waals surface area contributed by atoms with Gasteiger partial charge in [-0.3, -0.25) is 0 Å². The van der Waals surface area contributed by atoms with Gasteiger partial charge in [0, 0.05) is 6.54 Å². The van der Waals surface area contributed by atoms with Gasteiger partial charge < -0.3 is 15.4 Å². The molecule has 0 aromatic heterocycles. The lowest BCUT2D eigenvalue weighted by Gasteiger charge is -2.30. The van der Waals surface area contributed by atoms with Crippen LogP contribution in [0.5, 0.6) is 0 Å². The van der Waals surface area contributed by atoms with E-state index in [1.165, 1.54) is 0 Å². The first-order valence-corrected chi connectivity index (χ1v) is 4.22. The average Bonchev–Trinajstić information content (AvgIpc) is 2.05. The van der Waals surface area contributed by atoms with Crippen LogP contribution in [-0.2, 0) is 4.74 Å². The summed E-state index contributed by atoms with van der Waals surface area (Å²) >= 11 is 9.57. The summed E-state index contributed by atoms with van der Waals surface area (Å²) < 4.78 is 5.30. The van der Waals surface area contributed by atoms with Gasteiger partial charge >= 0.3 is 0 Å². The van der Waals surface area contributed by atoms with Crippen LogP contribution < -0.4 is 5.73 Å². The number of hydrogen-bond acceptors (Lipinski definition) is 3. The molecule has 1 saturated heterocycles. The third-order valence-corrected chi connectivity index (χ3v) is 2.13. The summed E-state index contributed by atoms with van der Waals surface area (Å²) in [6, 6.07) is 0. The van der Waals surface area contributed by atoms with E-state index >= 15 is 0 Å². The van der Waals surface area contributed by atoms with Gasteiger partial charge in [-0.15, -0.1) is 0 Å². The Morgan fingerprint density at radius 3 is 3.00 bits per heavy atom. The molecule has 1 aliphatic heterocycles. The molecule has 0 saturated carbocycles. The van der Waals surface area contributed by atoms with Crippen LogP contribution in [0.3, 0.4) is 0 Å². The number of hydrogen-bond donors (Lipinski definition) is 1. The van der Waals surface area contributed by atoms with E-state index in [1.807, 2.05) is 4.90 Å². The van der Waals surface area contributed by atoms with Gasteiger partial charge in [0.05, 0.1) is 18.6 Å². The molecule has 1 unspecified atom stereocenters. The zero-order valence-electron chi connectivity index (χ0n) is 6.03. The molecule has 0 spiro atoms. The minimum atomic E-state index is -0.127. The summed E-state index contributed by atoms with van der Waals surface area (Å²) in [5.74, 6) is 0. The van der Waals surface area contributed by atoms with E-state index in [9.17, 15) is 0 Å². The second-order valence-electron chi connectivity index (χ2n) is 2.36. The predicted octanol–water partition coefficient (Wildman–Crippen LogP) is -0.0695. The fraction of sp³-hybridized carbons (Fsp3) is 0.667. The average molecular weight is 190 g/mol. The van der Waals surface area contributed by atoms with Crippen LogP contribution in [0, 0.1) is 0 Å². The molecular formula is C6H10N2OS2. The van der Waals surface area contributed by atoms with Crippen molar-refractivity contribution in [3.05, 3.63) is 0 Å². The number of morpholine rings is 1. The molecule has 0 amide bonds. The zero-order chi connectivity index (χ0) is 8.27. The lowest BCUT2D eigenvalue weighted by molar-refractivity contribution is 0.0365. The fourth-order valence-corrected chi connectivity index (χ4v) is 1.27. The van der Waals surface area contributed by atoms with Crippen molar-refractivity contribution in [2.45, 2.75) is 6.10 Å². The molecule has 1 heterocycles. The molecule has 5 heteroatoms. The molecule has 11 heavy (non-hydrogen) atoms. The first-order chi connectivity index (χ1) is 5.24. The van der Waals surface area contributed by atoms with E-state index in [-0.39, 0.29) is 6.10 Å². The zero-order valence-corrected chi connectivity index (χ0v) is 7.66. The minimum absolute atomic E-state index is 0.127. The van der Waals surface area contributed by atoms with E-state index in [2.05, 4.69) is 0 Å². The topological polar surface area (TPSA) is 38.5 Å². The lowest BCUT2D eigenvalue weighted by Crippen LogP contribution is -2.46. The Hall–Kier alpha value is -0.260. The summed E-state index contributed by atoms with van der Waals surface area (Å²) in [5.41, 5.74) is 7.03. The predicted molar refractivity (Wildman–Crippen MR) is 51.8 cm³/mol. The molecule has 0 radical (unpaired) electrons. The van der Waals surface area contributed by atoms with E-state index in [1.54, 1.807) is 5.49 Å².